The minimum absolute atomic E-state index is 0.0612. The van der Waals surface area contributed by atoms with Crippen molar-refractivity contribution in [2.24, 2.45) is 4.99 Å². The van der Waals surface area contributed by atoms with Crippen molar-refractivity contribution in [3.8, 4) is 16.9 Å². The molecule has 1 aliphatic heterocycles. The number of ether oxygens (including phenoxy) is 2. The highest BCUT2D eigenvalue weighted by Gasteiger charge is 2.53. The molecule has 6 rings (SSSR count). The molecule has 3 N–H and O–H groups in total. The largest absolute Gasteiger partial charge is 0.494 e. The predicted molar refractivity (Wildman–Crippen MR) is 197 cm³/mol. The third-order valence-electron chi connectivity index (χ3n) is 8.42. The van der Waals surface area contributed by atoms with Crippen LogP contribution in [0.2, 0.25) is 0 Å². The zero-order chi connectivity index (χ0) is 34.6. The number of carbonyl (C=O) groups is 1. The zero-order valence-corrected chi connectivity index (χ0v) is 28.5. The van der Waals surface area contributed by atoms with Crippen LogP contribution >= 0.6 is 11.8 Å². The Bertz CT molecular complexity index is 1840. The van der Waals surface area contributed by atoms with E-state index in [-0.39, 0.29) is 18.3 Å². The van der Waals surface area contributed by atoms with Crippen molar-refractivity contribution in [1.29, 1.82) is 0 Å². The normalized spacial score (nSPS) is 16.8. The monoisotopic (exact) mass is 689 g/mol. The Balaban J connectivity index is 1.27. The lowest BCUT2D eigenvalue weighted by atomic mass is 9.82. The summed E-state index contributed by atoms with van der Waals surface area (Å²) in [6.45, 7) is 0.989. The van der Waals surface area contributed by atoms with Gasteiger partial charge >= 0.3 is 0 Å². The Hall–Kier alpha value is -4.96. The van der Waals surface area contributed by atoms with Gasteiger partial charge in [-0.3, -0.25) is 10.2 Å². The van der Waals surface area contributed by atoms with Crippen LogP contribution < -0.4 is 15.6 Å². The van der Waals surface area contributed by atoms with Gasteiger partial charge in [0, 0.05) is 43.1 Å². The van der Waals surface area contributed by atoms with Crippen LogP contribution in [-0.4, -0.2) is 48.0 Å². The van der Waals surface area contributed by atoms with Crippen molar-refractivity contribution in [2.75, 3.05) is 25.5 Å². The van der Waals surface area contributed by atoms with Gasteiger partial charge < -0.3 is 14.6 Å². The highest BCUT2D eigenvalue weighted by molar-refractivity contribution is 7.98. The first-order valence-electron chi connectivity index (χ1n) is 16.7. The molecule has 5 aromatic rings. The summed E-state index contributed by atoms with van der Waals surface area (Å²) < 4.78 is 25.7. The number of nitrogens with one attached hydrogen (secondary N) is 2. The van der Waals surface area contributed by atoms with Gasteiger partial charge in [0.25, 0.3) is 5.91 Å². The topological polar surface area (TPSA) is 92.2 Å². The van der Waals surface area contributed by atoms with Crippen LogP contribution in [0.3, 0.4) is 0 Å². The van der Waals surface area contributed by atoms with Gasteiger partial charge in [-0.1, -0.05) is 97.1 Å². The maximum absolute atomic E-state index is 14.5. The van der Waals surface area contributed by atoms with Gasteiger partial charge in [-0.2, -0.15) is 11.8 Å². The molecule has 2 atom stereocenters. The molecule has 0 bridgehead atoms. The average Bonchev–Trinajstić information content (AvgIpc) is 3.55. The molecule has 1 aliphatic rings. The number of amides is 1. The summed E-state index contributed by atoms with van der Waals surface area (Å²) in [5, 5.41) is 9.11. The van der Waals surface area contributed by atoms with Gasteiger partial charge in [0.15, 0.2) is 11.6 Å². The van der Waals surface area contributed by atoms with Crippen molar-refractivity contribution in [1.82, 2.24) is 10.9 Å². The Morgan fingerprint density at radius 1 is 0.820 bits per heavy atom. The van der Waals surface area contributed by atoms with Gasteiger partial charge in [-0.25, -0.2) is 14.8 Å². The summed E-state index contributed by atoms with van der Waals surface area (Å²) in [4.78, 5) is 19.6. The van der Waals surface area contributed by atoms with E-state index in [4.69, 9.17) is 19.6 Å². The van der Waals surface area contributed by atoms with Crippen LogP contribution in [-0.2, 0) is 21.7 Å². The van der Waals surface area contributed by atoms with Crippen LogP contribution in [0, 0.1) is 5.82 Å². The summed E-state index contributed by atoms with van der Waals surface area (Å²) in [7, 11) is 0. The summed E-state index contributed by atoms with van der Waals surface area (Å²) in [6, 6.07) is 42.0. The molecule has 0 spiro atoms. The molecule has 7 nitrogen and oxygen atoms in total. The second-order valence-corrected chi connectivity index (χ2v) is 13.1. The number of halogens is 1. The van der Waals surface area contributed by atoms with Crippen LogP contribution in [0.15, 0.2) is 138 Å². The Morgan fingerprint density at radius 3 is 2.18 bits per heavy atom. The number of aliphatic hydroxyl groups excluding tert-OH is 1. The lowest BCUT2D eigenvalue weighted by molar-refractivity contribution is -0.130. The van der Waals surface area contributed by atoms with Crippen LogP contribution in [0.1, 0.15) is 34.8 Å². The number of aliphatic imine (C=N–C) groups is 1. The highest BCUT2D eigenvalue weighted by Crippen LogP contribution is 2.43. The van der Waals surface area contributed by atoms with Gasteiger partial charge in [0.2, 0.25) is 5.90 Å². The van der Waals surface area contributed by atoms with E-state index >= 15 is 0 Å². The van der Waals surface area contributed by atoms with E-state index in [1.54, 1.807) is 23.9 Å². The molecule has 0 radical (unpaired) electrons. The van der Waals surface area contributed by atoms with E-state index in [1.807, 2.05) is 97.1 Å². The maximum Gasteiger partial charge on any atom is 0.266 e. The maximum atomic E-state index is 14.5. The minimum atomic E-state index is -1.34. The summed E-state index contributed by atoms with van der Waals surface area (Å²) in [5.41, 5.74) is 10.4. The second kappa shape index (κ2) is 17.1. The quantitative estimate of drug-likeness (QED) is 0.0744. The van der Waals surface area contributed by atoms with Crippen molar-refractivity contribution < 1.29 is 23.8 Å². The molecule has 1 amide bonds. The molecule has 9 heteroatoms. The molecule has 5 aromatic carbocycles. The molecule has 256 valence electrons. The third-order valence-corrected chi connectivity index (χ3v) is 9.45. The lowest BCUT2D eigenvalue weighted by Gasteiger charge is -2.31. The number of carbonyl (C=O) groups excluding carboxylic acids is 1. The molecular weight excluding hydrogens is 650 g/mol. The Labute approximate surface area is 296 Å². The van der Waals surface area contributed by atoms with E-state index in [1.165, 1.54) is 12.1 Å². The number of aliphatic hydroxyl groups is 1. The van der Waals surface area contributed by atoms with Crippen LogP contribution in [0.4, 0.5) is 4.39 Å². The number of rotatable bonds is 16. The Kier molecular flexibility index (Phi) is 11.9. The molecule has 0 aliphatic carbocycles. The lowest BCUT2D eigenvalue weighted by Crippen LogP contribution is -2.54. The molecule has 0 aromatic heterocycles. The molecular formula is C41H40FN3O4S. The van der Waals surface area contributed by atoms with Crippen molar-refractivity contribution in [3.63, 3.8) is 0 Å². The summed E-state index contributed by atoms with van der Waals surface area (Å²) >= 11 is 1.69. The van der Waals surface area contributed by atoms with E-state index in [0.717, 1.165) is 44.9 Å². The van der Waals surface area contributed by atoms with Crippen LogP contribution in [0.5, 0.6) is 5.75 Å². The minimum Gasteiger partial charge on any atom is -0.494 e. The number of hydrogen-bond acceptors (Lipinski definition) is 7. The highest BCUT2D eigenvalue weighted by atomic mass is 32.2. The smallest absolute Gasteiger partial charge is 0.266 e. The average molecular weight is 690 g/mol. The molecule has 1 heterocycles. The first-order chi connectivity index (χ1) is 24.5. The van der Waals surface area contributed by atoms with Crippen molar-refractivity contribution in [3.05, 3.63) is 162 Å². The van der Waals surface area contributed by atoms with Crippen molar-refractivity contribution in [2.45, 2.75) is 30.2 Å². The standard InChI is InChI=1S/C41H40FN3O4S/c42-36-20-12-31(13-21-36)29-50-27-24-43-45-40(47)41(28-30-8-3-1-4-9-30)38(34-16-14-33(15-17-34)32-10-5-2-6-11-32)49-39(44-41)35-18-22-37(23-19-35)48-26-7-25-46/h1-6,8-23,38,43,46H,7,24-29H2,(H,45,47)/t38-,41-/m0/s1. The molecule has 0 saturated heterocycles. The molecule has 50 heavy (non-hydrogen) atoms. The number of hydrazine groups is 1. The number of thioether (sulfide) groups is 1. The number of benzene rings is 5. The third kappa shape index (κ3) is 8.79. The number of hydrogen-bond donors (Lipinski definition) is 3. The second-order valence-electron chi connectivity index (χ2n) is 12.0. The molecule has 0 fully saturated rings. The SMILES string of the molecule is O=C(NNCCSCc1ccc(F)cc1)[C@@]1(Cc2ccccc2)N=C(c2ccc(OCCCO)cc2)O[C@H]1c1ccc(-c2ccccc2)cc1. The summed E-state index contributed by atoms with van der Waals surface area (Å²) in [6.07, 6.45) is 0.121. The van der Waals surface area contributed by atoms with Gasteiger partial charge in [0.05, 0.1) is 6.61 Å². The molecule has 0 unspecified atom stereocenters. The Morgan fingerprint density at radius 2 is 1.48 bits per heavy atom. The summed E-state index contributed by atoms with van der Waals surface area (Å²) in [5.74, 6) is 1.95. The fourth-order valence-corrected chi connectivity index (χ4v) is 6.63. The molecule has 0 saturated carbocycles. The fraction of sp³-hybridized carbons (Fsp3) is 0.220. The van der Waals surface area contributed by atoms with Crippen molar-refractivity contribution >= 4 is 23.6 Å². The van der Waals surface area contributed by atoms with E-state index < -0.39 is 11.6 Å². The van der Waals surface area contributed by atoms with Gasteiger partial charge in [0.1, 0.15) is 11.6 Å². The van der Waals surface area contributed by atoms with E-state index in [2.05, 4.69) is 23.0 Å². The van der Waals surface area contributed by atoms with E-state index in [0.29, 0.717) is 37.6 Å². The first-order valence-corrected chi connectivity index (χ1v) is 17.8. The number of nitrogens with zero attached hydrogens (tertiary/aromatic N) is 1. The zero-order valence-electron chi connectivity index (χ0n) is 27.6. The van der Waals surface area contributed by atoms with Gasteiger partial charge in [-0.15, -0.1) is 0 Å². The van der Waals surface area contributed by atoms with Crippen LogP contribution in [0.25, 0.3) is 11.1 Å². The first kappa shape index (κ1) is 34.9. The fourth-order valence-electron chi connectivity index (χ4n) is 5.82. The van der Waals surface area contributed by atoms with E-state index in [9.17, 15) is 9.18 Å². The predicted octanol–water partition coefficient (Wildman–Crippen LogP) is 7.31. The van der Waals surface area contributed by atoms with Gasteiger partial charge in [-0.05, 0) is 64.2 Å².